The summed E-state index contributed by atoms with van der Waals surface area (Å²) in [4.78, 5) is 13.4. The Morgan fingerprint density at radius 2 is 2.04 bits per heavy atom. The summed E-state index contributed by atoms with van der Waals surface area (Å²) in [7, 11) is 1.93. The van der Waals surface area contributed by atoms with E-state index >= 15 is 0 Å². The average Bonchev–Trinajstić information content (AvgIpc) is 3.41. The van der Waals surface area contributed by atoms with Gasteiger partial charge in [0.2, 0.25) is 5.95 Å². The van der Waals surface area contributed by atoms with Crippen LogP contribution in [0.25, 0.3) is 27.9 Å². The number of alkyl halides is 2. The summed E-state index contributed by atoms with van der Waals surface area (Å²) in [5.74, 6) is -2.16. The Morgan fingerprint density at radius 3 is 2.82 bits per heavy atom. The van der Waals surface area contributed by atoms with E-state index in [4.69, 9.17) is 4.98 Å². The van der Waals surface area contributed by atoms with E-state index in [2.05, 4.69) is 20.4 Å². The summed E-state index contributed by atoms with van der Waals surface area (Å²) in [6.07, 6.45) is 4.57. The van der Waals surface area contributed by atoms with Gasteiger partial charge in [-0.2, -0.15) is 0 Å². The van der Waals surface area contributed by atoms with Gasteiger partial charge in [0.25, 0.3) is 5.92 Å². The number of nitrogens with one attached hydrogen (secondary N) is 1. The van der Waals surface area contributed by atoms with Crippen LogP contribution < -0.4 is 5.32 Å². The van der Waals surface area contributed by atoms with Crippen LogP contribution in [0.4, 0.5) is 14.7 Å². The van der Waals surface area contributed by atoms with Gasteiger partial charge >= 0.3 is 0 Å². The molecule has 0 amide bonds. The Morgan fingerprint density at radius 1 is 1.21 bits per heavy atom. The molecule has 1 saturated carbocycles. The van der Waals surface area contributed by atoms with Crippen molar-refractivity contribution in [1.29, 1.82) is 0 Å². The molecular formula is C19H19F2N7. The number of nitrogens with zero attached hydrogens (tertiary/aromatic N) is 6. The number of pyridine rings is 1. The number of halogens is 2. The molecule has 4 heterocycles. The Hall–Kier alpha value is -3.10. The molecule has 7 nitrogen and oxygen atoms in total. The third-order valence-electron chi connectivity index (χ3n) is 5.29. The van der Waals surface area contributed by atoms with Crippen molar-refractivity contribution in [3.05, 3.63) is 36.4 Å². The zero-order chi connectivity index (χ0) is 19.5. The molecule has 1 N–H and O–H groups in total. The highest BCUT2D eigenvalue weighted by Crippen LogP contribution is 2.43. The fourth-order valence-corrected chi connectivity index (χ4v) is 3.37. The molecule has 4 aromatic rings. The van der Waals surface area contributed by atoms with Crippen LogP contribution in [0.2, 0.25) is 0 Å². The summed E-state index contributed by atoms with van der Waals surface area (Å²) in [6, 6.07) is 5.74. The third kappa shape index (κ3) is 2.78. The molecule has 0 aliphatic heterocycles. The van der Waals surface area contributed by atoms with Gasteiger partial charge < -0.3 is 9.88 Å². The van der Waals surface area contributed by atoms with Crippen LogP contribution in [0.1, 0.15) is 18.7 Å². The van der Waals surface area contributed by atoms with Gasteiger partial charge in [-0.05, 0) is 38.0 Å². The highest BCUT2D eigenvalue weighted by molar-refractivity contribution is 5.82. The topological polar surface area (TPSA) is 72.9 Å². The van der Waals surface area contributed by atoms with E-state index in [1.54, 1.807) is 16.9 Å². The molecule has 0 unspecified atom stereocenters. The maximum atomic E-state index is 13.9. The van der Waals surface area contributed by atoms with E-state index in [0.717, 1.165) is 33.8 Å². The number of fused-ring (bicyclic) bond motifs is 2. The second-order valence-electron chi connectivity index (χ2n) is 7.29. The Balaban J connectivity index is 1.45. The van der Waals surface area contributed by atoms with Gasteiger partial charge in [0.1, 0.15) is 11.3 Å². The molecule has 0 spiro atoms. The quantitative estimate of drug-likeness (QED) is 0.572. The van der Waals surface area contributed by atoms with Gasteiger partial charge in [-0.25, -0.2) is 28.2 Å². The smallest absolute Gasteiger partial charge is 0.267 e. The summed E-state index contributed by atoms with van der Waals surface area (Å²) < 4.78 is 31.3. The molecule has 0 radical (unpaired) electrons. The Labute approximate surface area is 159 Å². The van der Waals surface area contributed by atoms with Gasteiger partial charge in [-0.15, -0.1) is 5.10 Å². The Kier molecular flexibility index (Phi) is 3.62. The lowest BCUT2D eigenvalue weighted by atomic mass is 10.2. The van der Waals surface area contributed by atoms with Gasteiger partial charge in [-0.3, -0.25) is 0 Å². The number of hydrogen-bond acceptors (Lipinski definition) is 5. The van der Waals surface area contributed by atoms with Crippen LogP contribution in [0, 0.1) is 12.8 Å². The van der Waals surface area contributed by atoms with E-state index in [0.29, 0.717) is 12.8 Å². The van der Waals surface area contributed by atoms with Crippen molar-refractivity contribution in [2.24, 2.45) is 13.0 Å². The van der Waals surface area contributed by atoms with Crippen LogP contribution in [0.5, 0.6) is 0 Å². The van der Waals surface area contributed by atoms with Gasteiger partial charge in [0, 0.05) is 24.7 Å². The van der Waals surface area contributed by atoms with Crippen LogP contribution in [0.3, 0.4) is 0 Å². The number of aryl methyl sites for hydroxylation is 2. The van der Waals surface area contributed by atoms with Crippen LogP contribution in [0.15, 0.2) is 30.6 Å². The molecule has 4 aromatic heterocycles. The second kappa shape index (κ2) is 5.95. The fraction of sp³-hybridized carbons (Fsp3) is 0.368. The first-order valence-electron chi connectivity index (χ1n) is 9.19. The molecule has 1 aliphatic carbocycles. The standard InChI is InChI=1S/C19H19F2N7/c1-11-24-15-6-5-14(25-17(15)27(11)2)13-7-8-28-16(13)9-22-18(26-28)23-10-19(20,21)12-3-4-12/h5-9,12H,3-4,10H2,1-2H3,(H,23,26). The normalized spacial score (nSPS) is 14.9. The minimum atomic E-state index is -2.72. The summed E-state index contributed by atoms with van der Waals surface area (Å²) in [5.41, 5.74) is 4.05. The SMILES string of the molecule is Cc1nc2ccc(-c3ccn4nc(NCC(F)(F)C5CC5)ncc34)nc2n1C. The van der Waals surface area contributed by atoms with Gasteiger partial charge in [0.05, 0.1) is 24.0 Å². The van der Waals surface area contributed by atoms with Crippen molar-refractivity contribution >= 4 is 22.6 Å². The minimum absolute atomic E-state index is 0.181. The number of hydrogen-bond donors (Lipinski definition) is 1. The molecule has 28 heavy (non-hydrogen) atoms. The minimum Gasteiger partial charge on any atom is -0.347 e. The van der Waals surface area contributed by atoms with Crippen LogP contribution in [-0.4, -0.2) is 41.6 Å². The van der Waals surface area contributed by atoms with Crippen molar-refractivity contribution in [3.63, 3.8) is 0 Å². The number of aromatic nitrogens is 6. The molecule has 1 fully saturated rings. The highest BCUT2D eigenvalue weighted by atomic mass is 19.3. The predicted molar refractivity (Wildman–Crippen MR) is 101 cm³/mol. The zero-order valence-electron chi connectivity index (χ0n) is 15.5. The van der Waals surface area contributed by atoms with Crippen molar-refractivity contribution in [2.45, 2.75) is 25.7 Å². The van der Waals surface area contributed by atoms with Crippen LogP contribution >= 0.6 is 0 Å². The van der Waals surface area contributed by atoms with Crippen LogP contribution in [-0.2, 0) is 7.05 Å². The van der Waals surface area contributed by atoms with Gasteiger partial charge in [-0.1, -0.05) is 0 Å². The molecule has 144 valence electrons. The summed E-state index contributed by atoms with van der Waals surface area (Å²) >= 11 is 0. The maximum absolute atomic E-state index is 13.9. The highest BCUT2D eigenvalue weighted by Gasteiger charge is 2.46. The third-order valence-corrected chi connectivity index (χ3v) is 5.29. The van der Waals surface area contributed by atoms with Crippen molar-refractivity contribution < 1.29 is 8.78 Å². The lowest BCUT2D eigenvalue weighted by Crippen LogP contribution is -2.30. The molecule has 9 heteroatoms. The zero-order valence-corrected chi connectivity index (χ0v) is 15.5. The molecular weight excluding hydrogens is 364 g/mol. The lowest BCUT2D eigenvalue weighted by molar-refractivity contribution is -0.00833. The first kappa shape index (κ1) is 17.0. The first-order valence-corrected chi connectivity index (χ1v) is 9.19. The van der Waals surface area contributed by atoms with E-state index in [1.807, 2.05) is 36.7 Å². The molecule has 5 rings (SSSR count). The van der Waals surface area contributed by atoms with Gasteiger partial charge in [0.15, 0.2) is 5.65 Å². The molecule has 0 aromatic carbocycles. The largest absolute Gasteiger partial charge is 0.347 e. The van der Waals surface area contributed by atoms with E-state index < -0.39 is 18.4 Å². The van der Waals surface area contributed by atoms with Crippen molar-refractivity contribution in [2.75, 3.05) is 11.9 Å². The van der Waals surface area contributed by atoms with Crippen molar-refractivity contribution in [1.82, 2.24) is 29.1 Å². The second-order valence-corrected chi connectivity index (χ2v) is 7.29. The molecule has 0 saturated heterocycles. The Bertz CT molecular complexity index is 1190. The van der Waals surface area contributed by atoms with E-state index in [-0.39, 0.29) is 5.95 Å². The van der Waals surface area contributed by atoms with E-state index in [9.17, 15) is 8.78 Å². The number of anilines is 1. The fourth-order valence-electron chi connectivity index (χ4n) is 3.37. The first-order chi connectivity index (χ1) is 13.4. The monoisotopic (exact) mass is 383 g/mol. The lowest BCUT2D eigenvalue weighted by Gasteiger charge is -2.15. The van der Waals surface area contributed by atoms with E-state index in [1.165, 1.54) is 0 Å². The molecule has 0 bridgehead atoms. The maximum Gasteiger partial charge on any atom is 0.267 e. The number of imidazole rings is 1. The average molecular weight is 383 g/mol. The van der Waals surface area contributed by atoms with Crippen molar-refractivity contribution in [3.8, 4) is 11.3 Å². The summed E-state index contributed by atoms with van der Waals surface area (Å²) in [6.45, 7) is 1.49. The molecule has 0 atom stereocenters. The summed E-state index contributed by atoms with van der Waals surface area (Å²) in [5, 5.41) is 6.97. The number of rotatable bonds is 5. The predicted octanol–water partition coefficient (Wildman–Crippen LogP) is 3.44. The molecule has 1 aliphatic rings.